The van der Waals surface area contributed by atoms with Gasteiger partial charge in [-0.15, -0.1) is 0 Å². The van der Waals surface area contributed by atoms with E-state index in [0.717, 1.165) is 23.6 Å². The van der Waals surface area contributed by atoms with E-state index in [2.05, 4.69) is 6.92 Å². The SMILES string of the molecule is CCCCCOOc1ccc(S(=O)(=O)N(C)[C@H](C)CO)cc1. The topological polar surface area (TPSA) is 76.1 Å². The molecule has 0 aliphatic rings. The second-order valence-corrected chi connectivity index (χ2v) is 7.13. The van der Waals surface area contributed by atoms with Crippen LogP contribution >= 0.6 is 0 Å². The molecule has 0 aliphatic carbocycles. The fourth-order valence-electron chi connectivity index (χ4n) is 1.71. The first-order valence-electron chi connectivity index (χ1n) is 7.42. The first-order chi connectivity index (χ1) is 10.4. The number of unbranched alkanes of at least 4 members (excludes halogenated alkanes) is 2. The van der Waals surface area contributed by atoms with Gasteiger partial charge in [-0.1, -0.05) is 19.8 Å². The van der Waals surface area contributed by atoms with Crippen LogP contribution in [0.2, 0.25) is 0 Å². The van der Waals surface area contributed by atoms with Crippen LogP contribution in [0.25, 0.3) is 0 Å². The average molecular weight is 331 g/mol. The predicted molar refractivity (Wildman–Crippen MR) is 84.0 cm³/mol. The molecule has 1 aromatic carbocycles. The number of benzene rings is 1. The van der Waals surface area contributed by atoms with E-state index in [4.69, 9.17) is 14.9 Å². The Labute approximate surface area is 132 Å². The molecule has 1 aromatic rings. The highest BCUT2D eigenvalue weighted by Crippen LogP contribution is 2.20. The van der Waals surface area contributed by atoms with Gasteiger partial charge in [0.15, 0.2) is 5.75 Å². The number of aliphatic hydroxyl groups excluding tert-OH is 1. The molecule has 1 atom stereocenters. The van der Waals surface area contributed by atoms with Gasteiger partial charge in [-0.3, -0.25) is 0 Å². The molecule has 0 bridgehead atoms. The largest absolute Gasteiger partial charge is 0.395 e. The second kappa shape index (κ2) is 9.09. The minimum atomic E-state index is -3.62. The van der Waals surface area contributed by atoms with Crippen LogP contribution in [0.5, 0.6) is 5.75 Å². The van der Waals surface area contributed by atoms with Crippen LogP contribution in [0.1, 0.15) is 33.1 Å². The molecule has 0 spiro atoms. The zero-order valence-electron chi connectivity index (χ0n) is 13.4. The molecule has 0 radical (unpaired) electrons. The Balaban J connectivity index is 2.64. The smallest absolute Gasteiger partial charge is 0.243 e. The molecule has 0 fully saturated rings. The number of hydrogen-bond acceptors (Lipinski definition) is 5. The van der Waals surface area contributed by atoms with E-state index in [1.54, 1.807) is 19.1 Å². The van der Waals surface area contributed by atoms with Crippen molar-refractivity contribution >= 4 is 10.0 Å². The van der Waals surface area contributed by atoms with Crippen molar-refractivity contribution in [2.75, 3.05) is 20.3 Å². The normalized spacial score (nSPS) is 13.3. The highest BCUT2D eigenvalue weighted by Gasteiger charge is 2.24. The molecule has 126 valence electrons. The van der Waals surface area contributed by atoms with Crippen LogP contribution in [0.4, 0.5) is 0 Å². The van der Waals surface area contributed by atoms with Crippen molar-refractivity contribution in [3.63, 3.8) is 0 Å². The van der Waals surface area contributed by atoms with E-state index >= 15 is 0 Å². The summed E-state index contributed by atoms with van der Waals surface area (Å²) in [4.78, 5) is 10.3. The molecule has 0 aliphatic heterocycles. The van der Waals surface area contributed by atoms with Crippen LogP contribution in [0, 0.1) is 0 Å². The lowest BCUT2D eigenvalue weighted by molar-refractivity contribution is -0.207. The lowest BCUT2D eigenvalue weighted by atomic mass is 10.3. The molecule has 6 nitrogen and oxygen atoms in total. The van der Waals surface area contributed by atoms with Crippen LogP contribution in [0.3, 0.4) is 0 Å². The Morgan fingerprint density at radius 2 is 1.86 bits per heavy atom. The molecule has 0 unspecified atom stereocenters. The molecule has 22 heavy (non-hydrogen) atoms. The van der Waals surface area contributed by atoms with E-state index in [-0.39, 0.29) is 11.5 Å². The summed E-state index contributed by atoms with van der Waals surface area (Å²) in [5.74, 6) is 0.452. The van der Waals surface area contributed by atoms with Crippen LogP contribution in [-0.4, -0.2) is 44.1 Å². The van der Waals surface area contributed by atoms with Crippen molar-refractivity contribution in [3.05, 3.63) is 24.3 Å². The van der Waals surface area contributed by atoms with Crippen molar-refractivity contribution in [1.82, 2.24) is 4.31 Å². The molecular weight excluding hydrogens is 306 g/mol. The summed E-state index contributed by atoms with van der Waals surface area (Å²) in [6, 6.07) is 5.53. The van der Waals surface area contributed by atoms with Gasteiger partial charge in [0, 0.05) is 13.1 Å². The Hall–Kier alpha value is -1.15. The number of hydrogen-bond donors (Lipinski definition) is 1. The van der Waals surface area contributed by atoms with Crippen molar-refractivity contribution in [1.29, 1.82) is 0 Å². The Kier molecular flexibility index (Phi) is 7.81. The molecule has 0 heterocycles. The maximum absolute atomic E-state index is 12.3. The van der Waals surface area contributed by atoms with Gasteiger partial charge in [-0.05, 0) is 37.6 Å². The molecule has 0 aromatic heterocycles. The second-order valence-electron chi connectivity index (χ2n) is 5.14. The Morgan fingerprint density at radius 3 is 2.41 bits per heavy atom. The summed E-state index contributed by atoms with van der Waals surface area (Å²) in [5.41, 5.74) is 0. The lowest BCUT2D eigenvalue weighted by Gasteiger charge is -2.22. The fourth-order valence-corrected chi connectivity index (χ4v) is 3.06. The standard InChI is InChI=1S/C15H25NO5S/c1-4-5-6-11-20-21-14-7-9-15(10-8-14)22(18,19)16(3)13(2)12-17/h7-10,13,17H,4-6,11-12H2,1-3H3/t13-/m1/s1. The summed E-state index contributed by atoms with van der Waals surface area (Å²) < 4.78 is 25.8. The van der Waals surface area contributed by atoms with Crippen molar-refractivity contribution in [2.24, 2.45) is 0 Å². The van der Waals surface area contributed by atoms with Crippen molar-refractivity contribution < 1.29 is 23.3 Å². The monoisotopic (exact) mass is 331 g/mol. The summed E-state index contributed by atoms with van der Waals surface area (Å²) >= 11 is 0. The molecule has 0 amide bonds. The van der Waals surface area contributed by atoms with Gasteiger partial charge in [0.2, 0.25) is 10.0 Å². The van der Waals surface area contributed by atoms with E-state index in [0.29, 0.717) is 12.4 Å². The molecular formula is C15H25NO5S. The molecule has 0 saturated carbocycles. The molecule has 1 N–H and O–H groups in total. The van der Waals surface area contributed by atoms with E-state index < -0.39 is 16.1 Å². The third kappa shape index (κ3) is 5.24. The zero-order chi connectivity index (χ0) is 16.6. The summed E-state index contributed by atoms with van der Waals surface area (Å²) in [5, 5.41) is 9.08. The zero-order valence-corrected chi connectivity index (χ0v) is 14.2. The predicted octanol–water partition coefficient (Wildman–Crippen LogP) is 2.19. The van der Waals surface area contributed by atoms with Gasteiger partial charge in [-0.25, -0.2) is 8.42 Å². The summed E-state index contributed by atoms with van der Waals surface area (Å²) in [7, 11) is -2.18. The van der Waals surface area contributed by atoms with E-state index in [9.17, 15) is 8.42 Å². The van der Waals surface area contributed by atoms with Gasteiger partial charge in [0.25, 0.3) is 0 Å². The number of aliphatic hydroxyl groups is 1. The number of likely N-dealkylation sites (N-methyl/N-ethyl adjacent to an activating group) is 1. The first-order valence-corrected chi connectivity index (χ1v) is 8.86. The molecule has 7 heteroatoms. The Bertz CT molecular complexity index is 529. The van der Waals surface area contributed by atoms with E-state index in [1.807, 2.05) is 0 Å². The third-order valence-corrected chi connectivity index (χ3v) is 5.36. The minimum Gasteiger partial charge on any atom is -0.395 e. The average Bonchev–Trinajstić information content (AvgIpc) is 2.53. The van der Waals surface area contributed by atoms with Gasteiger partial charge >= 0.3 is 0 Å². The number of sulfonamides is 1. The van der Waals surface area contributed by atoms with Crippen molar-refractivity contribution in [2.45, 2.75) is 44.0 Å². The van der Waals surface area contributed by atoms with Gasteiger partial charge in [0.05, 0.1) is 18.1 Å². The number of rotatable bonds is 10. The summed E-state index contributed by atoms with van der Waals surface area (Å²) in [6.07, 6.45) is 3.11. The van der Waals surface area contributed by atoms with Gasteiger partial charge < -0.3 is 9.99 Å². The lowest BCUT2D eigenvalue weighted by Crippen LogP contribution is -2.37. The maximum Gasteiger partial charge on any atom is 0.243 e. The fraction of sp³-hybridized carbons (Fsp3) is 0.600. The van der Waals surface area contributed by atoms with Gasteiger partial charge in [-0.2, -0.15) is 9.19 Å². The molecule has 1 rings (SSSR count). The van der Waals surface area contributed by atoms with Crippen molar-refractivity contribution in [3.8, 4) is 5.75 Å². The van der Waals surface area contributed by atoms with Crippen LogP contribution in [0.15, 0.2) is 29.2 Å². The van der Waals surface area contributed by atoms with Crippen LogP contribution in [-0.2, 0) is 14.9 Å². The van der Waals surface area contributed by atoms with Gasteiger partial charge in [0.1, 0.15) is 0 Å². The number of nitrogens with zero attached hydrogens (tertiary/aromatic N) is 1. The maximum atomic E-state index is 12.3. The highest BCUT2D eigenvalue weighted by molar-refractivity contribution is 7.89. The third-order valence-electron chi connectivity index (χ3n) is 3.37. The quantitative estimate of drug-likeness (QED) is 0.404. The first kappa shape index (κ1) is 18.9. The Morgan fingerprint density at radius 1 is 1.23 bits per heavy atom. The minimum absolute atomic E-state index is 0.147. The summed E-state index contributed by atoms with van der Waals surface area (Å²) in [6.45, 7) is 4.01. The van der Waals surface area contributed by atoms with E-state index in [1.165, 1.54) is 19.2 Å². The van der Waals surface area contributed by atoms with Crippen LogP contribution < -0.4 is 4.89 Å². The molecule has 0 saturated heterocycles. The highest BCUT2D eigenvalue weighted by atomic mass is 32.2.